The molecule has 254 valence electrons. The van der Waals surface area contributed by atoms with Crippen molar-refractivity contribution in [2.24, 2.45) is 5.92 Å². The summed E-state index contributed by atoms with van der Waals surface area (Å²) in [4.78, 5) is 44.9. The molecule has 0 aliphatic carbocycles. The molecule has 3 saturated heterocycles. The van der Waals surface area contributed by atoms with Crippen LogP contribution in [0.25, 0.3) is 22.3 Å². The van der Waals surface area contributed by atoms with Crippen LogP contribution in [0, 0.1) is 5.92 Å². The Morgan fingerprint density at radius 1 is 1.11 bits per heavy atom. The summed E-state index contributed by atoms with van der Waals surface area (Å²) in [6.45, 7) is -8.01. The van der Waals surface area contributed by atoms with Crippen LogP contribution >= 0.6 is 38.1 Å². The summed E-state index contributed by atoms with van der Waals surface area (Å²) in [7, 11) is 0. The molecule has 0 aromatic carbocycles. The summed E-state index contributed by atoms with van der Waals surface area (Å²) in [5.74, 6) is -0.541. The Hall–Kier alpha value is -2.66. The summed E-state index contributed by atoms with van der Waals surface area (Å²) >= 11 is 7.74. The number of rotatable bonds is 10. The lowest BCUT2D eigenvalue weighted by Gasteiger charge is -2.31. The van der Waals surface area contributed by atoms with Gasteiger partial charge in [-0.3, -0.25) is 32.5 Å². The number of aliphatic hydroxyl groups is 1. The number of nitrogens with two attached hydrogens (primary N) is 2. The zero-order valence-electron chi connectivity index (χ0n) is 24.0. The third kappa shape index (κ3) is 5.87. The average molecular weight is 735 g/mol. The summed E-state index contributed by atoms with van der Waals surface area (Å²) < 4.78 is 63.3. The van der Waals surface area contributed by atoms with Crippen molar-refractivity contribution in [1.29, 1.82) is 0 Å². The van der Waals surface area contributed by atoms with Crippen molar-refractivity contribution >= 4 is 72.2 Å². The van der Waals surface area contributed by atoms with Gasteiger partial charge >= 0.3 is 13.6 Å². The number of anilines is 2. The van der Waals surface area contributed by atoms with Crippen molar-refractivity contribution in [3.8, 4) is 0 Å². The number of aromatic nitrogens is 8. The average Bonchev–Trinajstić information content (AvgIpc) is 3.80. The predicted octanol–water partition coefficient (Wildman–Crippen LogP) is 0.171. The Balaban J connectivity index is 1.10. The Morgan fingerprint density at radius 3 is 2.57 bits per heavy atom. The molecule has 3 aliphatic rings. The summed E-state index contributed by atoms with van der Waals surface area (Å²) in [6, 6.07) is 0. The molecule has 0 radical (unpaired) electrons. The first-order valence-corrected chi connectivity index (χ1v) is 19.2. The lowest BCUT2D eigenvalue weighted by molar-refractivity contribution is -0.182. The number of thiol groups is 2. The van der Waals surface area contributed by atoms with E-state index in [1.165, 1.54) is 28.1 Å². The van der Waals surface area contributed by atoms with Crippen LogP contribution in [0.15, 0.2) is 23.8 Å². The molecular weight excluding hydrogens is 706 g/mol. The van der Waals surface area contributed by atoms with Gasteiger partial charge in [0.25, 0.3) is 5.56 Å². The van der Waals surface area contributed by atoms with E-state index in [1.807, 2.05) is 0 Å². The molecule has 10 atom stereocenters. The highest BCUT2D eigenvalue weighted by Gasteiger charge is 2.65. The Morgan fingerprint density at radius 2 is 1.83 bits per heavy atom. The first-order valence-electron chi connectivity index (χ1n) is 13.8. The second-order valence-corrected chi connectivity index (χ2v) is 16.8. The van der Waals surface area contributed by atoms with E-state index in [0.29, 0.717) is 11.2 Å². The highest BCUT2D eigenvalue weighted by Crippen LogP contribution is 2.61. The number of imidazole rings is 2. The van der Waals surface area contributed by atoms with Crippen molar-refractivity contribution in [1.82, 2.24) is 39.0 Å². The van der Waals surface area contributed by atoms with Crippen LogP contribution in [0.4, 0.5) is 11.8 Å². The minimum atomic E-state index is -4.32. The van der Waals surface area contributed by atoms with Gasteiger partial charge in [0, 0.05) is 5.92 Å². The molecule has 25 heteroatoms. The molecule has 0 amide bonds. The fourth-order valence-electron chi connectivity index (χ4n) is 5.88. The van der Waals surface area contributed by atoms with Crippen LogP contribution in [-0.4, -0.2) is 98.9 Å². The van der Waals surface area contributed by atoms with Gasteiger partial charge in [0.05, 0.1) is 38.6 Å². The second kappa shape index (κ2) is 11.7. The standard InChI is InChI=1S/C22H28N10O11P2S2/c1-8-9(41-19(12(8)33)31-6-27-10-15(23)25-5-26-16(10)31)2-39-45(37,47)43-14-13-20(42-22(14,3-38-13)4-40-44(35,36)46)32-7-28-11-17(32)29-21(24)30-18(11)34/h5-9,12-14,19-20,33H,2-4H2,1H3,(H,37,47)(H2,23,25,26)(H2,35,36,46)(H3,24,29,30,34)/t8-,9-,12-,13-,14+,19-,20-,22-,45+/m1/s1. The highest BCUT2D eigenvalue weighted by atomic mass is 32.7. The molecule has 3 fully saturated rings. The number of nitrogens with one attached hydrogen (secondary N) is 1. The van der Waals surface area contributed by atoms with E-state index in [4.69, 9.17) is 39.2 Å². The number of fused-ring (bicyclic) bond motifs is 4. The van der Waals surface area contributed by atoms with Gasteiger partial charge in [-0.25, -0.2) is 29.1 Å². The molecule has 21 nitrogen and oxygen atoms in total. The zero-order chi connectivity index (χ0) is 33.5. The Kier molecular flexibility index (Phi) is 8.21. The number of hydrogen-bond donors (Lipinski definition) is 7. The number of aromatic amines is 1. The predicted molar refractivity (Wildman–Crippen MR) is 166 cm³/mol. The van der Waals surface area contributed by atoms with Crippen molar-refractivity contribution < 1.29 is 46.9 Å². The molecule has 7 heterocycles. The monoisotopic (exact) mass is 734 g/mol. The number of nitrogens with zero attached hydrogens (tertiary/aromatic N) is 7. The van der Waals surface area contributed by atoms with Crippen molar-refractivity contribution in [2.45, 2.75) is 49.4 Å². The molecule has 2 bridgehead atoms. The third-order valence-electron chi connectivity index (χ3n) is 8.22. The van der Waals surface area contributed by atoms with Crippen LogP contribution in [0.5, 0.6) is 0 Å². The molecule has 4 aromatic rings. The number of aliphatic hydroxyl groups excluding tert-OH is 1. The first kappa shape index (κ1) is 32.9. The third-order valence-corrected chi connectivity index (χ3v) is 10.6. The minimum absolute atomic E-state index is 0.0439. The molecular formula is C22H28N10O11P2S2. The summed E-state index contributed by atoms with van der Waals surface area (Å²) in [5, 5.41) is 11.0. The second-order valence-electron chi connectivity index (χ2n) is 11.2. The van der Waals surface area contributed by atoms with Gasteiger partial charge in [-0.2, -0.15) is 4.98 Å². The largest absolute Gasteiger partial charge is 0.388 e. The molecule has 47 heavy (non-hydrogen) atoms. The van der Waals surface area contributed by atoms with E-state index in [-0.39, 0.29) is 36.1 Å². The topological polar surface area (TPSA) is 289 Å². The van der Waals surface area contributed by atoms with Crippen molar-refractivity contribution in [2.75, 3.05) is 31.3 Å². The van der Waals surface area contributed by atoms with E-state index in [1.54, 1.807) is 6.92 Å². The lowest BCUT2D eigenvalue weighted by atomic mass is 10.0. The number of hydrogen-bond acceptors (Lipinski definition) is 17. The fourth-order valence-corrected chi connectivity index (χ4v) is 7.94. The van der Waals surface area contributed by atoms with Crippen LogP contribution in [0.2, 0.25) is 0 Å². The van der Waals surface area contributed by atoms with E-state index in [0.717, 1.165) is 0 Å². The van der Waals surface area contributed by atoms with Crippen LogP contribution in [-0.2, 0) is 36.9 Å². The molecule has 7 rings (SSSR count). The molecule has 4 aromatic heterocycles. The van der Waals surface area contributed by atoms with Gasteiger partial charge in [-0.1, -0.05) is 31.4 Å². The maximum absolute atomic E-state index is 13.7. The summed E-state index contributed by atoms with van der Waals surface area (Å²) in [6.07, 6.45) is -2.21. The maximum atomic E-state index is 13.7. The van der Waals surface area contributed by atoms with E-state index in [9.17, 15) is 23.9 Å². The lowest BCUT2D eigenvalue weighted by Crippen LogP contribution is -2.45. The van der Waals surface area contributed by atoms with E-state index in [2.05, 4.69) is 54.4 Å². The summed E-state index contributed by atoms with van der Waals surface area (Å²) in [5.41, 5.74) is 10.1. The van der Waals surface area contributed by atoms with E-state index < -0.39 is 74.2 Å². The molecule has 1 unspecified atom stereocenters. The van der Waals surface area contributed by atoms with Crippen LogP contribution < -0.4 is 17.0 Å². The van der Waals surface area contributed by atoms with Crippen LogP contribution in [0.3, 0.4) is 0 Å². The van der Waals surface area contributed by atoms with Gasteiger partial charge in [0.2, 0.25) is 5.95 Å². The normalized spacial score (nSPS) is 33.1. The molecule has 7 N–H and O–H groups in total. The highest BCUT2D eigenvalue weighted by molar-refractivity contribution is 8.44. The zero-order valence-corrected chi connectivity index (χ0v) is 27.6. The Labute approximate surface area is 273 Å². The molecule has 0 saturated carbocycles. The fraction of sp³-hybridized carbons (Fsp3) is 0.545. The van der Waals surface area contributed by atoms with E-state index >= 15 is 0 Å². The quantitative estimate of drug-likeness (QED) is 0.0844. The minimum Gasteiger partial charge on any atom is -0.388 e. The van der Waals surface area contributed by atoms with Crippen LogP contribution in [0.1, 0.15) is 19.4 Å². The maximum Gasteiger partial charge on any atom is 0.386 e. The smallest absolute Gasteiger partial charge is 0.386 e. The SMILES string of the molecule is C[C@H]1[C@@H](O)[C@H](n2cnc3c(N)ncnc32)O[C@@H]1CO[P@](=O)(S)O[C@H]1[C@H]2OC[C@]1(COP(=O)(O)S)O[C@H]2n1cnc2c(=O)[nH]c(N)nc21. The van der Waals surface area contributed by atoms with Gasteiger partial charge in [-0.15, -0.1) is 0 Å². The van der Waals surface area contributed by atoms with Gasteiger partial charge in [0.1, 0.15) is 35.8 Å². The Bertz CT molecular complexity index is 2010. The van der Waals surface area contributed by atoms with Crippen molar-refractivity contribution in [3.05, 3.63) is 29.3 Å². The van der Waals surface area contributed by atoms with Gasteiger partial charge < -0.3 is 35.7 Å². The number of ether oxygens (including phenoxy) is 3. The van der Waals surface area contributed by atoms with Gasteiger partial charge in [0.15, 0.2) is 35.1 Å². The van der Waals surface area contributed by atoms with Crippen molar-refractivity contribution in [3.63, 3.8) is 0 Å². The molecule has 0 spiro atoms. The number of H-pyrrole nitrogens is 1. The number of nitrogen functional groups attached to an aromatic ring is 2. The van der Waals surface area contributed by atoms with Gasteiger partial charge in [-0.05, 0) is 0 Å². The first-order chi connectivity index (χ1) is 22.2. The molecule has 3 aliphatic heterocycles.